The summed E-state index contributed by atoms with van der Waals surface area (Å²) in [6.45, 7) is -0.179. The van der Waals surface area contributed by atoms with Crippen molar-refractivity contribution in [2.45, 2.75) is 18.7 Å². The summed E-state index contributed by atoms with van der Waals surface area (Å²) in [5.41, 5.74) is -1.37. The van der Waals surface area contributed by atoms with E-state index < -0.39 is 23.7 Å². The summed E-state index contributed by atoms with van der Waals surface area (Å²) in [5, 5.41) is 17.4. The second kappa shape index (κ2) is 6.50. The number of benzene rings is 1. The van der Waals surface area contributed by atoms with Crippen LogP contribution in [0.1, 0.15) is 23.7 Å². The molecular weight excluding hydrogens is 266 g/mol. The molecule has 1 atom stereocenters. The molecule has 0 amide bonds. The molecule has 1 aromatic carbocycles. The highest BCUT2D eigenvalue weighted by atomic mass is 19.4. The van der Waals surface area contributed by atoms with Gasteiger partial charge in [-0.25, -0.2) is 4.39 Å². The topological polar surface area (TPSA) is 53.2 Å². The van der Waals surface area contributed by atoms with Crippen molar-refractivity contribution in [3.05, 3.63) is 35.1 Å². The third-order valence-corrected chi connectivity index (χ3v) is 2.25. The lowest BCUT2D eigenvalue weighted by Crippen LogP contribution is -2.10. The molecule has 1 unspecified atom stereocenters. The number of halogens is 4. The smallest absolute Gasteiger partial charge is 0.396 e. The van der Waals surface area contributed by atoms with Crippen molar-refractivity contribution in [2.75, 3.05) is 13.2 Å². The first-order chi connectivity index (χ1) is 8.88. The molecule has 1 rings (SSSR count). The van der Waals surface area contributed by atoms with Crippen molar-refractivity contribution < 1.29 is 27.4 Å². The van der Waals surface area contributed by atoms with Crippen molar-refractivity contribution in [3.63, 3.8) is 0 Å². The lowest BCUT2D eigenvalue weighted by molar-refractivity contribution is -0.137. The maximum atomic E-state index is 13.1. The van der Waals surface area contributed by atoms with Gasteiger partial charge in [0.05, 0.1) is 18.2 Å². The van der Waals surface area contributed by atoms with Crippen LogP contribution in [0.4, 0.5) is 17.6 Å². The molecule has 0 aliphatic carbocycles. The Morgan fingerprint density at radius 3 is 2.53 bits per heavy atom. The number of aliphatic hydroxyl groups is 1. The van der Waals surface area contributed by atoms with E-state index in [9.17, 15) is 17.6 Å². The molecule has 7 heteroatoms. The molecule has 0 radical (unpaired) electrons. The summed E-state index contributed by atoms with van der Waals surface area (Å²) in [5.74, 6) is -1.09. The predicted molar refractivity (Wildman–Crippen MR) is 57.4 cm³/mol. The van der Waals surface area contributed by atoms with Gasteiger partial charge in [0.2, 0.25) is 0 Å². The lowest BCUT2D eigenvalue weighted by Gasteiger charge is -2.13. The summed E-state index contributed by atoms with van der Waals surface area (Å²) in [6, 6.07) is 3.50. The van der Waals surface area contributed by atoms with Crippen molar-refractivity contribution in [1.29, 1.82) is 5.26 Å². The Hall–Kier alpha value is -1.65. The molecule has 0 fully saturated rings. The summed E-state index contributed by atoms with van der Waals surface area (Å²) in [7, 11) is 0. The quantitative estimate of drug-likeness (QED) is 0.665. The summed E-state index contributed by atoms with van der Waals surface area (Å²) in [4.78, 5) is 0. The SMILES string of the molecule is N#CC(OCCCO)c1cc(F)cc(C(F)(F)F)c1. The Kier molecular flexibility index (Phi) is 5.27. The highest BCUT2D eigenvalue weighted by molar-refractivity contribution is 5.30. The highest BCUT2D eigenvalue weighted by Crippen LogP contribution is 2.32. The van der Waals surface area contributed by atoms with E-state index in [-0.39, 0.29) is 25.2 Å². The minimum atomic E-state index is -4.69. The van der Waals surface area contributed by atoms with Crippen LogP contribution in [0.2, 0.25) is 0 Å². The fraction of sp³-hybridized carbons (Fsp3) is 0.417. The van der Waals surface area contributed by atoms with Crippen molar-refractivity contribution in [3.8, 4) is 6.07 Å². The van der Waals surface area contributed by atoms with Gasteiger partial charge in [-0.2, -0.15) is 18.4 Å². The maximum absolute atomic E-state index is 13.1. The van der Waals surface area contributed by atoms with Crippen LogP contribution in [0, 0.1) is 17.1 Å². The van der Waals surface area contributed by atoms with Gasteiger partial charge in [-0.15, -0.1) is 0 Å². The van der Waals surface area contributed by atoms with Crippen LogP contribution in [0.15, 0.2) is 18.2 Å². The molecule has 0 saturated heterocycles. The largest absolute Gasteiger partial charge is 0.416 e. The molecule has 0 aromatic heterocycles. The molecule has 0 spiro atoms. The fourth-order valence-corrected chi connectivity index (χ4v) is 1.40. The van der Waals surface area contributed by atoms with E-state index in [0.29, 0.717) is 12.1 Å². The van der Waals surface area contributed by atoms with Crippen LogP contribution in [0.3, 0.4) is 0 Å². The summed E-state index contributed by atoms with van der Waals surface area (Å²) < 4.78 is 55.6. The fourth-order valence-electron chi connectivity index (χ4n) is 1.40. The predicted octanol–water partition coefficient (Wildman–Crippen LogP) is 2.81. The van der Waals surface area contributed by atoms with Crippen LogP contribution in [0.25, 0.3) is 0 Å². The minimum absolute atomic E-state index is 0.00735. The lowest BCUT2D eigenvalue weighted by atomic mass is 10.1. The van der Waals surface area contributed by atoms with Crippen LogP contribution < -0.4 is 0 Å². The summed E-state index contributed by atoms with van der Waals surface area (Å²) >= 11 is 0. The van der Waals surface area contributed by atoms with Gasteiger partial charge in [0.15, 0.2) is 6.10 Å². The minimum Gasteiger partial charge on any atom is -0.396 e. The summed E-state index contributed by atoms with van der Waals surface area (Å²) in [6.07, 6.45) is -5.76. The van der Waals surface area contributed by atoms with Crippen LogP contribution in [0.5, 0.6) is 0 Å². The number of hydrogen-bond acceptors (Lipinski definition) is 3. The second-order valence-electron chi connectivity index (χ2n) is 3.73. The highest BCUT2D eigenvalue weighted by Gasteiger charge is 2.32. The first-order valence-corrected chi connectivity index (χ1v) is 5.38. The molecule has 0 aliphatic rings. The monoisotopic (exact) mass is 277 g/mol. The Balaban J connectivity index is 2.98. The van der Waals surface area contributed by atoms with E-state index in [1.807, 2.05) is 0 Å². The normalized spacial score (nSPS) is 13.1. The van der Waals surface area contributed by atoms with E-state index in [1.54, 1.807) is 6.07 Å². The number of alkyl halides is 3. The van der Waals surface area contributed by atoms with E-state index in [1.165, 1.54) is 0 Å². The molecule has 0 aliphatic heterocycles. The van der Waals surface area contributed by atoms with E-state index in [4.69, 9.17) is 15.1 Å². The van der Waals surface area contributed by atoms with Gasteiger partial charge in [0.25, 0.3) is 0 Å². The zero-order valence-electron chi connectivity index (χ0n) is 9.75. The standard InChI is InChI=1S/C12H11F4NO2/c13-10-5-8(4-9(6-10)12(14,15)16)11(7-17)19-3-1-2-18/h4-6,11,18H,1-3H2. The first kappa shape index (κ1) is 15.4. The Morgan fingerprint density at radius 1 is 1.32 bits per heavy atom. The molecule has 1 N–H and O–H groups in total. The zero-order valence-corrected chi connectivity index (χ0v) is 9.75. The van der Waals surface area contributed by atoms with Gasteiger partial charge in [-0.1, -0.05) is 0 Å². The zero-order chi connectivity index (χ0) is 14.5. The third-order valence-electron chi connectivity index (χ3n) is 2.25. The second-order valence-corrected chi connectivity index (χ2v) is 3.73. The molecule has 0 bridgehead atoms. The van der Waals surface area contributed by atoms with E-state index in [2.05, 4.69) is 0 Å². The molecule has 0 saturated carbocycles. The molecule has 3 nitrogen and oxygen atoms in total. The van der Waals surface area contributed by atoms with Crippen LogP contribution >= 0.6 is 0 Å². The number of ether oxygens (including phenoxy) is 1. The van der Waals surface area contributed by atoms with Gasteiger partial charge in [-0.3, -0.25) is 0 Å². The number of aliphatic hydroxyl groups excluding tert-OH is 1. The average molecular weight is 277 g/mol. The molecule has 0 heterocycles. The molecule has 19 heavy (non-hydrogen) atoms. The third kappa shape index (κ3) is 4.50. The Bertz CT molecular complexity index is 468. The van der Waals surface area contributed by atoms with Gasteiger partial charge in [-0.05, 0) is 30.2 Å². The van der Waals surface area contributed by atoms with E-state index >= 15 is 0 Å². The first-order valence-electron chi connectivity index (χ1n) is 5.38. The number of nitriles is 1. The van der Waals surface area contributed by atoms with Gasteiger partial charge in [0, 0.05) is 6.61 Å². The van der Waals surface area contributed by atoms with Gasteiger partial charge < -0.3 is 9.84 Å². The number of rotatable bonds is 5. The Labute approximate surface area is 107 Å². The molecular formula is C12H11F4NO2. The maximum Gasteiger partial charge on any atom is 0.416 e. The molecule has 1 aromatic rings. The average Bonchev–Trinajstić information content (AvgIpc) is 2.33. The van der Waals surface area contributed by atoms with Crippen LogP contribution in [-0.4, -0.2) is 18.3 Å². The van der Waals surface area contributed by atoms with Crippen molar-refractivity contribution in [1.82, 2.24) is 0 Å². The van der Waals surface area contributed by atoms with Crippen molar-refractivity contribution in [2.24, 2.45) is 0 Å². The van der Waals surface area contributed by atoms with E-state index in [0.717, 1.165) is 6.07 Å². The van der Waals surface area contributed by atoms with Gasteiger partial charge in [0.1, 0.15) is 5.82 Å². The number of hydrogen-bond donors (Lipinski definition) is 1. The Morgan fingerprint density at radius 2 is 2.00 bits per heavy atom. The van der Waals surface area contributed by atoms with Crippen molar-refractivity contribution >= 4 is 0 Å². The number of nitrogens with zero attached hydrogens (tertiary/aromatic N) is 1. The molecule has 104 valence electrons. The van der Waals surface area contributed by atoms with Crippen LogP contribution in [-0.2, 0) is 10.9 Å². The van der Waals surface area contributed by atoms with Gasteiger partial charge >= 0.3 is 6.18 Å².